The van der Waals surface area contributed by atoms with Crippen LogP contribution in [0.1, 0.15) is 22.2 Å². The van der Waals surface area contributed by atoms with Gasteiger partial charge in [-0.2, -0.15) is 0 Å². The van der Waals surface area contributed by atoms with E-state index in [4.69, 9.17) is 9.84 Å². The lowest BCUT2D eigenvalue weighted by Crippen LogP contribution is -2.29. The number of thiophene rings is 1. The van der Waals surface area contributed by atoms with E-state index in [1.54, 1.807) is 19.1 Å². The smallest absolute Gasteiger partial charge is 0.345 e. The summed E-state index contributed by atoms with van der Waals surface area (Å²) in [5, 5.41) is 12.0. The van der Waals surface area contributed by atoms with Gasteiger partial charge in [0.05, 0.1) is 5.00 Å². The van der Waals surface area contributed by atoms with Crippen molar-refractivity contribution in [3.8, 4) is 5.75 Å². The molecule has 1 aromatic heterocycles. The zero-order valence-corrected chi connectivity index (χ0v) is 12.4. The molecule has 6 heteroatoms. The minimum absolute atomic E-state index is 0.178. The largest absolute Gasteiger partial charge is 0.481 e. The van der Waals surface area contributed by atoms with E-state index in [0.717, 1.165) is 16.9 Å². The molecule has 1 unspecified atom stereocenters. The summed E-state index contributed by atoms with van der Waals surface area (Å²) in [7, 11) is 0. The van der Waals surface area contributed by atoms with E-state index in [-0.39, 0.29) is 10.8 Å². The van der Waals surface area contributed by atoms with Gasteiger partial charge in [0.2, 0.25) is 0 Å². The van der Waals surface area contributed by atoms with Crippen LogP contribution in [-0.2, 0) is 4.79 Å². The Bertz CT molecular complexity index is 665. The lowest BCUT2D eigenvalue weighted by Gasteiger charge is -2.14. The van der Waals surface area contributed by atoms with Crippen LogP contribution in [0, 0.1) is 6.92 Å². The van der Waals surface area contributed by atoms with E-state index in [2.05, 4.69) is 5.32 Å². The predicted molar refractivity (Wildman–Crippen MR) is 81.2 cm³/mol. The van der Waals surface area contributed by atoms with E-state index >= 15 is 0 Å². The first-order chi connectivity index (χ1) is 9.95. The molecule has 0 saturated heterocycles. The number of hydrogen-bond acceptors (Lipinski definition) is 4. The van der Waals surface area contributed by atoms with Crippen LogP contribution in [0.4, 0.5) is 5.00 Å². The van der Waals surface area contributed by atoms with Crippen molar-refractivity contribution in [2.75, 3.05) is 5.32 Å². The third-order valence-corrected chi connectivity index (χ3v) is 3.72. The van der Waals surface area contributed by atoms with Crippen molar-refractivity contribution in [1.29, 1.82) is 0 Å². The normalized spacial score (nSPS) is 11.7. The number of carbonyl (C=O) groups is 2. The highest BCUT2D eigenvalue weighted by atomic mass is 32.1. The van der Waals surface area contributed by atoms with Crippen molar-refractivity contribution in [3.05, 3.63) is 46.8 Å². The van der Waals surface area contributed by atoms with Gasteiger partial charge in [0.25, 0.3) is 5.91 Å². The number of carbonyl (C=O) groups excluding carboxylic acids is 1. The molecule has 1 aromatic carbocycles. The maximum Gasteiger partial charge on any atom is 0.345 e. The Morgan fingerprint density at radius 1 is 1.29 bits per heavy atom. The summed E-state index contributed by atoms with van der Waals surface area (Å²) < 4.78 is 5.56. The van der Waals surface area contributed by atoms with Crippen molar-refractivity contribution in [1.82, 2.24) is 0 Å². The van der Waals surface area contributed by atoms with Crippen molar-refractivity contribution in [3.63, 3.8) is 0 Å². The van der Waals surface area contributed by atoms with E-state index in [1.807, 2.05) is 25.1 Å². The molecule has 0 spiro atoms. The van der Waals surface area contributed by atoms with Crippen molar-refractivity contribution in [2.45, 2.75) is 20.0 Å². The van der Waals surface area contributed by atoms with Crippen LogP contribution in [0.2, 0.25) is 0 Å². The van der Waals surface area contributed by atoms with Gasteiger partial charge >= 0.3 is 5.97 Å². The maximum absolute atomic E-state index is 12.0. The Balaban J connectivity index is 1.97. The molecule has 1 atom stereocenters. The molecular formula is C15H15NO4S. The second-order valence-electron chi connectivity index (χ2n) is 4.53. The molecular weight excluding hydrogens is 290 g/mol. The highest BCUT2D eigenvalue weighted by Crippen LogP contribution is 2.22. The average molecular weight is 305 g/mol. The molecule has 0 aliphatic heterocycles. The summed E-state index contributed by atoms with van der Waals surface area (Å²) in [6.45, 7) is 3.58. The van der Waals surface area contributed by atoms with Crippen LogP contribution in [-0.4, -0.2) is 23.1 Å². The van der Waals surface area contributed by atoms with E-state index in [0.29, 0.717) is 10.8 Å². The number of hydrogen-bond donors (Lipinski definition) is 2. The lowest BCUT2D eigenvalue weighted by atomic mass is 10.2. The monoisotopic (exact) mass is 305 g/mol. The standard InChI is InChI=1S/C15H15NO4S/c1-9-4-3-5-11(8-9)20-10(2)14(17)16-13-7-6-12(21-13)15(18)19/h3-8,10H,1-2H3,(H,16,17)(H,18,19). The summed E-state index contributed by atoms with van der Waals surface area (Å²) in [5.74, 6) is -0.713. The topological polar surface area (TPSA) is 75.6 Å². The summed E-state index contributed by atoms with van der Waals surface area (Å²) >= 11 is 1.01. The third kappa shape index (κ3) is 4.06. The zero-order chi connectivity index (χ0) is 15.4. The predicted octanol–water partition coefficient (Wildman–Crippen LogP) is 3.16. The molecule has 2 rings (SSSR count). The second kappa shape index (κ2) is 6.41. The summed E-state index contributed by atoms with van der Waals surface area (Å²) in [4.78, 5) is 23.0. The number of benzene rings is 1. The molecule has 0 saturated carbocycles. The number of amides is 1. The van der Waals surface area contributed by atoms with Crippen LogP contribution in [0.5, 0.6) is 5.75 Å². The molecule has 2 N–H and O–H groups in total. The maximum atomic E-state index is 12.0. The van der Waals surface area contributed by atoms with E-state index in [1.165, 1.54) is 6.07 Å². The Morgan fingerprint density at radius 3 is 2.67 bits per heavy atom. The zero-order valence-electron chi connectivity index (χ0n) is 11.6. The molecule has 0 aliphatic rings. The van der Waals surface area contributed by atoms with Gasteiger partial charge in [-0.05, 0) is 43.7 Å². The first-order valence-electron chi connectivity index (χ1n) is 6.33. The van der Waals surface area contributed by atoms with E-state index in [9.17, 15) is 9.59 Å². The van der Waals surface area contributed by atoms with Gasteiger partial charge in [0.1, 0.15) is 10.6 Å². The fourth-order valence-corrected chi connectivity index (χ4v) is 2.44. The van der Waals surface area contributed by atoms with Gasteiger partial charge in [-0.1, -0.05) is 12.1 Å². The molecule has 0 aliphatic carbocycles. The first-order valence-corrected chi connectivity index (χ1v) is 7.14. The SMILES string of the molecule is Cc1cccc(OC(C)C(=O)Nc2ccc(C(=O)O)s2)c1. The number of nitrogens with one attached hydrogen (secondary N) is 1. The first kappa shape index (κ1) is 15.1. The minimum atomic E-state index is -1.01. The minimum Gasteiger partial charge on any atom is -0.481 e. The Kier molecular flexibility index (Phi) is 4.59. The van der Waals surface area contributed by atoms with Crippen molar-refractivity contribution >= 4 is 28.2 Å². The van der Waals surface area contributed by atoms with Crippen LogP contribution >= 0.6 is 11.3 Å². The fourth-order valence-electron chi connectivity index (χ4n) is 1.69. The lowest BCUT2D eigenvalue weighted by molar-refractivity contribution is -0.122. The molecule has 1 heterocycles. The Morgan fingerprint density at radius 2 is 2.05 bits per heavy atom. The summed E-state index contributed by atoms with van der Waals surface area (Å²) in [6, 6.07) is 10.4. The molecule has 110 valence electrons. The average Bonchev–Trinajstić information content (AvgIpc) is 2.87. The molecule has 2 aromatic rings. The summed E-state index contributed by atoms with van der Waals surface area (Å²) in [5.41, 5.74) is 1.05. The van der Waals surface area contributed by atoms with Crippen LogP contribution in [0.3, 0.4) is 0 Å². The molecule has 21 heavy (non-hydrogen) atoms. The van der Waals surface area contributed by atoms with Gasteiger partial charge in [-0.3, -0.25) is 4.79 Å². The van der Waals surface area contributed by atoms with E-state index < -0.39 is 12.1 Å². The van der Waals surface area contributed by atoms with Crippen molar-refractivity contribution in [2.24, 2.45) is 0 Å². The highest BCUT2D eigenvalue weighted by Gasteiger charge is 2.16. The van der Waals surface area contributed by atoms with Crippen LogP contribution in [0.25, 0.3) is 0 Å². The molecule has 1 amide bonds. The van der Waals surface area contributed by atoms with Crippen LogP contribution < -0.4 is 10.1 Å². The van der Waals surface area contributed by atoms with Gasteiger partial charge in [-0.15, -0.1) is 11.3 Å². The van der Waals surface area contributed by atoms with Crippen LogP contribution in [0.15, 0.2) is 36.4 Å². The number of aryl methyl sites for hydroxylation is 1. The number of anilines is 1. The third-order valence-electron chi connectivity index (χ3n) is 2.73. The van der Waals surface area contributed by atoms with Crippen molar-refractivity contribution < 1.29 is 19.4 Å². The molecule has 0 bridgehead atoms. The second-order valence-corrected chi connectivity index (χ2v) is 5.62. The molecule has 5 nitrogen and oxygen atoms in total. The Hall–Kier alpha value is -2.34. The fraction of sp³-hybridized carbons (Fsp3) is 0.200. The van der Waals surface area contributed by atoms with Gasteiger partial charge in [0.15, 0.2) is 6.10 Å². The molecule has 0 radical (unpaired) electrons. The van der Waals surface area contributed by atoms with Gasteiger partial charge in [0, 0.05) is 0 Å². The number of rotatable bonds is 5. The quantitative estimate of drug-likeness (QED) is 0.889. The summed E-state index contributed by atoms with van der Waals surface area (Å²) in [6.07, 6.45) is -0.679. The van der Waals surface area contributed by atoms with Gasteiger partial charge in [-0.25, -0.2) is 4.79 Å². The number of carboxylic acid groups (broad SMARTS) is 1. The number of aromatic carboxylic acids is 1. The highest BCUT2D eigenvalue weighted by molar-refractivity contribution is 7.18. The van der Waals surface area contributed by atoms with Gasteiger partial charge < -0.3 is 15.2 Å². The molecule has 0 fully saturated rings. The number of ether oxygens (including phenoxy) is 1. The Labute approximate surface area is 126 Å². The number of carboxylic acids is 1.